The summed E-state index contributed by atoms with van der Waals surface area (Å²) in [4.78, 5) is 0. The average molecular weight is 352 g/mol. The highest BCUT2D eigenvalue weighted by Gasteiger charge is 2.12. The number of hydrogen-bond donors (Lipinski definition) is 1. The molecule has 2 aromatic rings. The van der Waals surface area contributed by atoms with Crippen LogP contribution in [0.1, 0.15) is 11.1 Å². The standard InChI is InChI=1S/C17H19BrFNO/c1-21-17-7-6-12(10-15(17)18)8-13(11-20)9-14-4-2-3-5-16(14)19/h2-7,10,13H,8-9,11,20H2,1H3. The Bertz CT molecular complexity index is 603. The molecule has 2 nitrogen and oxygen atoms in total. The third-order valence-electron chi connectivity index (χ3n) is 3.54. The minimum absolute atomic E-state index is 0.160. The fraction of sp³-hybridized carbons (Fsp3) is 0.294. The van der Waals surface area contributed by atoms with Crippen LogP contribution < -0.4 is 10.5 Å². The van der Waals surface area contributed by atoms with Gasteiger partial charge in [-0.05, 0) is 70.6 Å². The third-order valence-corrected chi connectivity index (χ3v) is 4.16. The molecule has 0 saturated heterocycles. The topological polar surface area (TPSA) is 35.2 Å². The summed E-state index contributed by atoms with van der Waals surface area (Å²) in [5.74, 6) is 0.853. The van der Waals surface area contributed by atoms with Gasteiger partial charge < -0.3 is 10.5 Å². The molecule has 21 heavy (non-hydrogen) atoms. The lowest BCUT2D eigenvalue weighted by Gasteiger charge is -2.16. The van der Waals surface area contributed by atoms with Gasteiger partial charge in [-0.25, -0.2) is 4.39 Å². The Morgan fingerprint density at radius 1 is 1.19 bits per heavy atom. The molecule has 0 radical (unpaired) electrons. The summed E-state index contributed by atoms with van der Waals surface area (Å²) in [6.45, 7) is 0.526. The van der Waals surface area contributed by atoms with Gasteiger partial charge in [0, 0.05) is 0 Å². The first-order valence-corrected chi connectivity index (χ1v) is 7.69. The van der Waals surface area contributed by atoms with Crippen LogP contribution >= 0.6 is 15.9 Å². The van der Waals surface area contributed by atoms with Crippen LogP contribution in [0.25, 0.3) is 0 Å². The molecule has 2 aromatic carbocycles. The lowest BCUT2D eigenvalue weighted by molar-refractivity contribution is 0.411. The molecule has 4 heteroatoms. The highest BCUT2D eigenvalue weighted by molar-refractivity contribution is 9.10. The van der Waals surface area contributed by atoms with Gasteiger partial charge in [0.05, 0.1) is 11.6 Å². The maximum atomic E-state index is 13.7. The maximum absolute atomic E-state index is 13.7. The first kappa shape index (κ1) is 16.0. The van der Waals surface area contributed by atoms with Crippen molar-refractivity contribution in [3.8, 4) is 5.75 Å². The molecule has 2 N–H and O–H groups in total. The van der Waals surface area contributed by atoms with Gasteiger partial charge in [-0.1, -0.05) is 24.3 Å². The SMILES string of the molecule is COc1ccc(CC(CN)Cc2ccccc2F)cc1Br. The van der Waals surface area contributed by atoms with Crippen molar-refractivity contribution in [2.45, 2.75) is 12.8 Å². The molecule has 0 aliphatic rings. The number of hydrogen-bond acceptors (Lipinski definition) is 2. The number of methoxy groups -OCH3 is 1. The molecule has 1 atom stereocenters. The lowest BCUT2D eigenvalue weighted by Crippen LogP contribution is -2.20. The number of rotatable bonds is 6. The normalized spacial score (nSPS) is 12.2. The van der Waals surface area contributed by atoms with E-state index in [4.69, 9.17) is 10.5 Å². The molecule has 0 spiro atoms. The van der Waals surface area contributed by atoms with Gasteiger partial charge in [0.15, 0.2) is 0 Å². The van der Waals surface area contributed by atoms with Crippen molar-refractivity contribution in [2.24, 2.45) is 11.7 Å². The number of benzene rings is 2. The van der Waals surface area contributed by atoms with E-state index in [0.717, 1.165) is 27.8 Å². The van der Waals surface area contributed by atoms with Gasteiger partial charge in [0.2, 0.25) is 0 Å². The second-order valence-corrected chi connectivity index (χ2v) is 5.92. The van der Waals surface area contributed by atoms with E-state index in [0.29, 0.717) is 13.0 Å². The van der Waals surface area contributed by atoms with Crippen LogP contribution in [0.3, 0.4) is 0 Å². The van der Waals surface area contributed by atoms with Crippen LogP contribution in [0, 0.1) is 11.7 Å². The molecule has 2 rings (SSSR count). The summed E-state index contributed by atoms with van der Waals surface area (Å²) in [5, 5.41) is 0. The summed E-state index contributed by atoms with van der Waals surface area (Å²) in [5.41, 5.74) is 7.74. The first-order valence-electron chi connectivity index (χ1n) is 6.90. The molecule has 0 heterocycles. The molecule has 0 amide bonds. The largest absolute Gasteiger partial charge is 0.496 e. The Morgan fingerprint density at radius 2 is 1.95 bits per heavy atom. The molecular weight excluding hydrogens is 333 g/mol. The second kappa shape index (κ2) is 7.57. The monoisotopic (exact) mass is 351 g/mol. The van der Waals surface area contributed by atoms with Crippen molar-refractivity contribution in [1.82, 2.24) is 0 Å². The molecule has 112 valence electrons. The summed E-state index contributed by atoms with van der Waals surface area (Å²) >= 11 is 3.48. The van der Waals surface area contributed by atoms with Gasteiger partial charge in [-0.15, -0.1) is 0 Å². The summed E-state index contributed by atoms with van der Waals surface area (Å²) < 4.78 is 19.9. The Balaban J connectivity index is 2.09. The first-order chi connectivity index (χ1) is 10.1. The minimum atomic E-state index is -0.160. The van der Waals surface area contributed by atoms with E-state index in [1.165, 1.54) is 6.07 Å². The summed E-state index contributed by atoms with van der Waals surface area (Å²) in [6, 6.07) is 12.9. The Labute approximate surface area is 133 Å². The fourth-order valence-electron chi connectivity index (χ4n) is 2.38. The third kappa shape index (κ3) is 4.29. The molecule has 1 unspecified atom stereocenters. The van der Waals surface area contributed by atoms with E-state index in [-0.39, 0.29) is 11.7 Å². The molecule has 0 aliphatic carbocycles. The smallest absolute Gasteiger partial charge is 0.133 e. The fourth-order valence-corrected chi connectivity index (χ4v) is 2.97. The van der Waals surface area contributed by atoms with Crippen LogP contribution in [0.5, 0.6) is 5.75 Å². The van der Waals surface area contributed by atoms with E-state index in [1.54, 1.807) is 13.2 Å². The lowest BCUT2D eigenvalue weighted by atomic mass is 9.92. The highest BCUT2D eigenvalue weighted by Crippen LogP contribution is 2.27. The average Bonchev–Trinajstić information content (AvgIpc) is 2.49. The summed E-state index contributed by atoms with van der Waals surface area (Å²) in [6.07, 6.45) is 1.46. The van der Waals surface area contributed by atoms with E-state index in [9.17, 15) is 4.39 Å². The van der Waals surface area contributed by atoms with Crippen LogP contribution in [-0.4, -0.2) is 13.7 Å². The van der Waals surface area contributed by atoms with Gasteiger partial charge in [0.25, 0.3) is 0 Å². The van der Waals surface area contributed by atoms with Crippen molar-refractivity contribution in [3.63, 3.8) is 0 Å². The number of ether oxygens (including phenoxy) is 1. The molecule has 0 saturated carbocycles. The molecule has 0 fully saturated rings. The zero-order chi connectivity index (χ0) is 15.2. The zero-order valence-corrected chi connectivity index (χ0v) is 13.6. The van der Waals surface area contributed by atoms with Crippen LogP contribution in [0.2, 0.25) is 0 Å². The van der Waals surface area contributed by atoms with Gasteiger partial charge in [-0.3, -0.25) is 0 Å². The van der Waals surface area contributed by atoms with Gasteiger partial charge >= 0.3 is 0 Å². The van der Waals surface area contributed by atoms with Crippen LogP contribution in [0.15, 0.2) is 46.9 Å². The van der Waals surface area contributed by atoms with Crippen molar-refractivity contribution in [2.75, 3.05) is 13.7 Å². The van der Waals surface area contributed by atoms with E-state index >= 15 is 0 Å². The van der Waals surface area contributed by atoms with Crippen LogP contribution in [0.4, 0.5) is 4.39 Å². The molecule has 0 aliphatic heterocycles. The molecular formula is C17H19BrFNO. The highest BCUT2D eigenvalue weighted by atomic mass is 79.9. The minimum Gasteiger partial charge on any atom is -0.496 e. The van der Waals surface area contributed by atoms with Crippen molar-refractivity contribution >= 4 is 15.9 Å². The Morgan fingerprint density at radius 3 is 2.57 bits per heavy atom. The van der Waals surface area contributed by atoms with Crippen LogP contribution in [-0.2, 0) is 12.8 Å². The molecule has 0 bridgehead atoms. The van der Waals surface area contributed by atoms with Crippen molar-refractivity contribution < 1.29 is 9.13 Å². The van der Waals surface area contributed by atoms with Crippen molar-refractivity contribution in [3.05, 3.63) is 63.9 Å². The molecule has 0 aromatic heterocycles. The zero-order valence-electron chi connectivity index (χ0n) is 12.0. The Kier molecular flexibility index (Phi) is 5.76. The summed E-state index contributed by atoms with van der Waals surface area (Å²) in [7, 11) is 1.64. The quantitative estimate of drug-likeness (QED) is 0.854. The number of halogens is 2. The van der Waals surface area contributed by atoms with E-state index in [2.05, 4.69) is 15.9 Å². The Hall–Kier alpha value is -1.39. The van der Waals surface area contributed by atoms with Gasteiger partial charge in [0.1, 0.15) is 11.6 Å². The van der Waals surface area contributed by atoms with Gasteiger partial charge in [-0.2, -0.15) is 0 Å². The van der Waals surface area contributed by atoms with Crippen molar-refractivity contribution in [1.29, 1.82) is 0 Å². The second-order valence-electron chi connectivity index (χ2n) is 5.07. The number of nitrogens with two attached hydrogens (primary N) is 1. The van der Waals surface area contributed by atoms with E-state index in [1.807, 2.05) is 30.3 Å². The predicted molar refractivity (Wildman–Crippen MR) is 87.0 cm³/mol. The predicted octanol–water partition coefficient (Wildman–Crippen LogP) is 3.96. The van der Waals surface area contributed by atoms with E-state index < -0.39 is 0 Å². The maximum Gasteiger partial charge on any atom is 0.133 e.